The molecule has 68 valence electrons. The summed E-state index contributed by atoms with van der Waals surface area (Å²) in [6, 6.07) is 8.37. The van der Waals surface area contributed by atoms with Gasteiger partial charge in [-0.05, 0) is 24.3 Å². The molecule has 0 radical (unpaired) electrons. The highest BCUT2D eigenvalue weighted by Gasteiger charge is 1.99. The topological polar surface area (TPSA) is 4.93 Å². The molecule has 0 saturated heterocycles. The molecule has 0 aliphatic rings. The molecule has 13 heavy (non-hydrogen) atoms. The largest absolute Gasteiger partial charge is 0.346 e. The summed E-state index contributed by atoms with van der Waals surface area (Å²) < 4.78 is 3.28. The van der Waals surface area contributed by atoms with Gasteiger partial charge < -0.3 is 4.57 Å². The third kappa shape index (κ3) is 1.74. The van der Waals surface area contributed by atoms with E-state index < -0.39 is 0 Å². The quantitative estimate of drug-likeness (QED) is 0.725. The highest BCUT2D eigenvalue weighted by Crippen LogP contribution is 2.20. The number of alkyl halides is 1. The van der Waals surface area contributed by atoms with Crippen LogP contribution in [0.4, 0.5) is 0 Å². The van der Waals surface area contributed by atoms with Gasteiger partial charge in [0.05, 0.1) is 0 Å². The van der Waals surface area contributed by atoms with Gasteiger partial charge in [-0.3, -0.25) is 0 Å². The standard InChI is InChI=1S/C10H9BrClN/c11-9-1-2-10-8(7-9)3-5-13(10)6-4-12/h1-3,5,7H,4,6H2. The minimum Gasteiger partial charge on any atom is -0.346 e. The average molecular weight is 259 g/mol. The van der Waals surface area contributed by atoms with E-state index in [4.69, 9.17) is 11.6 Å². The molecular formula is C10H9BrClN. The van der Waals surface area contributed by atoms with E-state index in [0.717, 1.165) is 11.0 Å². The minimum absolute atomic E-state index is 0.653. The van der Waals surface area contributed by atoms with Gasteiger partial charge in [-0.1, -0.05) is 15.9 Å². The lowest BCUT2D eigenvalue weighted by Gasteiger charge is -2.01. The van der Waals surface area contributed by atoms with E-state index in [2.05, 4.69) is 44.9 Å². The summed E-state index contributed by atoms with van der Waals surface area (Å²) >= 11 is 9.14. The molecule has 0 unspecified atom stereocenters. The lowest BCUT2D eigenvalue weighted by molar-refractivity contribution is 0.804. The first-order valence-corrected chi connectivity index (χ1v) is 5.44. The number of nitrogens with zero attached hydrogens (tertiary/aromatic N) is 1. The first kappa shape index (κ1) is 9.10. The van der Waals surface area contributed by atoms with Gasteiger partial charge in [0.2, 0.25) is 0 Å². The van der Waals surface area contributed by atoms with E-state index in [1.165, 1.54) is 10.9 Å². The number of aromatic nitrogens is 1. The van der Waals surface area contributed by atoms with Gasteiger partial charge in [-0.25, -0.2) is 0 Å². The first-order valence-electron chi connectivity index (χ1n) is 4.11. The monoisotopic (exact) mass is 257 g/mol. The molecule has 1 aromatic carbocycles. The number of benzene rings is 1. The molecule has 0 saturated carbocycles. The summed E-state index contributed by atoms with van der Waals surface area (Å²) in [6.45, 7) is 0.868. The zero-order valence-corrected chi connectivity index (χ0v) is 9.35. The Balaban J connectivity index is 2.55. The molecule has 0 atom stereocenters. The minimum atomic E-state index is 0.653. The predicted molar refractivity (Wildman–Crippen MR) is 60.4 cm³/mol. The van der Waals surface area contributed by atoms with Crippen molar-refractivity contribution in [3.63, 3.8) is 0 Å². The van der Waals surface area contributed by atoms with Crippen molar-refractivity contribution in [2.24, 2.45) is 0 Å². The Labute approximate surface area is 90.4 Å². The number of halogens is 2. The number of rotatable bonds is 2. The van der Waals surface area contributed by atoms with Gasteiger partial charge in [0.15, 0.2) is 0 Å². The Bertz CT molecular complexity index is 422. The smallest absolute Gasteiger partial charge is 0.0481 e. The van der Waals surface area contributed by atoms with Crippen molar-refractivity contribution < 1.29 is 0 Å². The molecule has 2 rings (SSSR count). The maximum Gasteiger partial charge on any atom is 0.0481 e. The molecule has 0 bridgehead atoms. The third-order valence-electron chi connectivity index (χ3n) is 2.06. The van der Waals surface area contributed by atoms with Crippen LogP contribution in [0, 0.1) is 0 Å². The lowest BCUT2D eigenvalue weighted by atomic mass is 10.2. The highest BCUT2D eigenvalue weighted by atomic mass is 79.9. The zero-order valence-electron chi connectivity index (χ0n) is 7.00. The van der Waals surface area contributed by atoms with Crippen LogP contribution in [0.5, 0.6) is 0 Å². The van der Waals surface area contributed by atoms with Crippen LogP contribution < -0.4 is 0 Å². The van der Waals surface area contributed by atoms with Gasteiger partial charge in [0, 0.05) is 34.0 Å². The summed E-state index contributed by atoms with van der Waals surface area (Å²) in [4.78, 5) is 0. The van der Waals surface area contributed by atoms with Crippen molar-refractivity contribution in [3.05, 3.63) is 34.9 Å². The molecule has 0 fully saturated rings. The third-order valence-corrected chi connectivity index (χ3v) is 2.72. The van der Waals surface area contributed by atoms with Crippen molar-refractivity contribution in [2.45, 2.75) is 6.54 Å². The Morgan fingerprint density at radius 1 is 1.31 bits per heavy atom. The molecule has 1 nitrogen and oxygen atoms in total. The van der Waals surface area contributed by atoms with E-state index in [0.29, 0.717) is 5.88 Å². The molecule has 1 heterocycles. The Kier molecular flexibility index (Phi) is 2.61. The van der Waals surface area contributed by atoms with Crippen molar-refractivity contribution in [2.75, 3.05) is 5.88 Å². The summed E-state index contributed by atoms with van der Waals surface area (Å²) in [7, 11) is 0. The van der Waals surface area contributed by atoms with E-state index in [-0.39, 0.29) is 0 Å². The van der Waals surface area contributed by atoms with Gasteiger partial charge in [0.1, 0.15) is 0 Å². The summed E-state index contributed by atoms with van der Waals surface area (Å²) in [5.41, 5.74) is 1.24. The second-order valence-electron chi connectivity index (χ2n) is 2.90. The second-order valence-corrected chi connectivity index (χ2v) is 4.19. The summed E-state index contributed by atoms with van der Waals surface area (Å²) in [6.07, 6.45) is 2.07. The maximum absolute atomic E-state index is 5.69. The summed E-state index contributed by atoms with van der Waals surface area (Å²) in [5.74, 6) is 0.653. The average Bonchev–Trinajstić information content (AvgIpc) is 2.49. The van der Waals surface area contributed by atoms with E-state index >= 15 is 0 Å². The highest BCUT2D eigenvalue weighted by molar-refractivity contribution is 9.10. The zero-order chi connectivity index (χ0) is 9.26. The molecule has 0 aliphatic heterocycles. The first-order chi connectivity index (χ1) is 6.31. The van der Waals surface area contributed by atoms with Gasteiger partial charge in [-0.2, -0.15) is 0 Å². The Hall–Kier alpha value is -0.470. The van der Waals surface area contributed by atoms with Crippen LogP contribution in [-0.4, -0.2) is 10.4 Å². The van der Waals surface area contributed by atoms with Crippen molar-refractivity contribution in [1.82, 2.24) is 4.57 Å². The fraction of sp³-hybridized carbons (Fsp3) is 0.200. The van der Waals surface area contributed by atoms with Gasteiger partial charge in [0.25, 0.3) is 0 Å². The second kappa shape index (κ2) is 3.72. The van der Waals surface area contributed by atoms with E-state index in [1.807, 2.05) is 6.07 Å². The van der Waals surface area contributed by atoms with Crippen LogP contribution in [0.25, 0.3) is 10.9 Å². The Morgan fingerprint density at radius 2 is 2.15 bits per heavy atom. The fourth-order valence-corrected chi connectivity index (χ4v) is 2.02. The molecule has 0 spiro atoms. The summed E-state index contributed by atoms with van der Waals surface area (Å²) in [5, 5.41) is 1.25. The lowest BCUT2D eigenvalue weighted by Crippen LogP contribution is -1.95. The van der Waals surface area contributed by atoms with E-state index in [9.17, 15) is 0 Å². The van der Waals surface area contributed by atoms with Crippen LogP contribution >= 0.6 is 27.5 Å². The molecule has 3 heteroatoms. The van der Waals surface area contributed by atoms with Gasteiger partial charge in [-0.15, -0.1) is 11.6 Å². The molecular weight excluding hydrogens is 249 g/mol. The van der Waals surface area contributed by atoms with E-state index in [1.54, 1.807) is 0 Å². The van der Waals surface area contributed by atoms with Crippen LogP contribution in [0.15, 0.2) is 34.9 Å². The number of hydrogen-bond donors (Lipinski definition) is 0. The fourth-order valence-electron chi connectivity index (χ4n) is 1.46. The van der Waals surface area contributed by atoms with Crippen molar-refractivity contribution in [3.8, 4) is 0 Å². The SMILES string of the molecule is ClCCn1ccc2cc(Br)ccc21. The van der Waals surface area contributed by atoms with Crippen LogP contribution in [0.1, 0.15) is 0 Å². The van der Waals surface area contributed by atoms with Crippen LogP contribution in [0.3, 0.4) is 0 Å². The Morgan fingerprint density at radius 3 is 2.92 bits per heavy atom. The number of fused-ring (bicyclic) bond motifs is 1. The molecule has 0 amide bonds. The maximum atomic E-state index is 5.69. The predicted octanol–water partition coefficient (Wildman–Crippen LogP) is 3.64. The number of hydrogen-bond acceptors (Lipinski definition) is 0. The van der Waals surface area contributed by atoms with Crippen LogP contribution in [-0.2, 0) is 6.54 Å². The normalized spacial score (nSPS) is 10.9. The molecule has 1 aromatic heterocycles. The molecule has 0 aliphatic carbocycles. The van der Waals surface area contributed by atoms with Crippen molar-refractivity contribution in [1.29, 1.82) is 0 Å². The molecule has 0 N–H and O–H groups in total. The molecule has 2 aromatic rings. The number of aryl methyl sites for hydroxylation is 1. The van der Waals surface area contributed by atoms with Gasteiger partial charge >= 0.3 is 0 Å². The van der Waals surface area contributed by atoms with Crippen molar-refractivity contribution >= 4 is 38.4 Å². The van der Waals surface area contributed by atoms with Crippen LogP contribution in [0.2, 0.25) is 0 Å².